The van der Waals surface area contributed by atoms with Crippen LogP contribution in [0.5, 0.6) is 0 Å². The van der Waals surface area contributed by atoms with E-state index in [4.69, 9.17) is 0 Å². The summed E-state index contributed by atoms with van der Waals surface area (Å²) in [6, 6.07) is 11.5. The fourth-order valence-corrected chi connectivity index (χ4v) is 4.68. The molecule has 0 spiro atoms. The third-order valence-corrected chi connectivity index (χ3v) is 6.14. The average molecular weight is 465 g/mol. The highest BCUT2D eigenvalue weighted by Crippen LogP contribution is 2.35. The minimum absolute atomic E-state index is 0.121. The van der Waals surface area contributed by atoms with E-state index in [2.05, 4.69) is 15.6 Å². The standard InChI is InChI=1S/C25H25FN4O2S/c1-14-12-16(22(31)29-25(2,3)4)8-11-18(14)19-13-30-21(23(32)27-5)20(28-24(30)33-19)15-6-9-17(26)10-7-15/h6-13H,1-5H3,(H,27,32)(H,29,31). The van der Waals surface area contributed by atoms with E-state index in [0.29, 0.717) is 27.5 Å². The van der Waals surface area contributed by atoms with Gasteiger partial charge in [0, 0.05) is 29.9 Å². The van der Waals surface area contributed by atoms with Crippen LogP contribution in [-0.4, -0.2) is 33.8 Å². The van der Waals surface area contributed by atoms with Crippen molar-refractivity contribution in [1.82, 2.24) is 20.0 Å². The zero-order chi connectivity index (χ0) is 23.9. The molecule has 170 valence electrons. The summed E-state index contributed by atoms with van der Waals surface area (Å²) in [7, 11) is 1.56. The van der Waals surface area contributed by atoms with Crippen LogP contribution < -0.4 is 10.6 Å². The second-order valence-corrected chi connectivity index (χ2v) is 9.89. The highest BCUT2D eigenvalue weighted by atomic mass is 32.1. The van der Waals surface area contributed by atoms with E-state index in [9.17, 15) is 14.0 Å². The molecule has 2 aromatic heterocycles. The van der Waals surface area contributed by atoms with E-state index in [1.54, 1.807) is 29.6 Å². The minimum Gasteiger partial charge on any atom is -0.354 e. The van der Waals surface area contributed by atoms with E-state index in [0.717, 1.165) is 16.0 Å². The van der Waals surface area contributed by atoms with Gasteiger partial charge < -0.3 is 10.6 Å². The van der Waals surface area contributed by atoms with Gasteiger partial charge in [0.15, 0.2) is 4.96 Å². The fourth-order valence-electron chi connectivity index (χ4n) is 3.61. The summed E-state index contributed by atoms with van der Waals surface area (Å²) >= 11 is 1.45. The largest absolute Gasteiger partial charge is 0.354 e. The van der Waals surface area contributed by atoms with Crippen LogP contribution in [0.3, 0.4) is 0 Å². The molecule has 6 nitrogen and oxygen atoms in total. The molecule has 2 amide bonds. The molecule has 0 bridgehead atoms. The number of aromatic nitrogens is 2. The van der Waals surface area contributed by atoms with E-state index in [1.165, 1.54) is 23.5 Å². The van der Waals surface area contributed by atoms with Crippen LogP contribution in [0.1, 0.15) is 47.2 Å². The number of fused-ring (bicyclic) bond motifs is 1. The van der Waals surface area contributed by atoms with Gasteiger partial charge in [0.25, 0.3) is 11.8 Å². The van der Waals surface area contributed by atoms with Gasteiger partial charge in [-0.05, 0) is 75.2 Å². The highest BCUT2D eigenvalue weighted by molar-refractivity contribution is 7.20. The Bertz CT molecular complexity index is 1360. The molecule has 0 unspecified atom stereocenters. The van der Waals surface area contributed by atoms with E-state index in [1.807, 2.05) is 46.0 Å². The van der Waals surface area contributed by atoms with E-state index in [-0.39, 0.29) is 23.2 Å². The maximum Gasteiger partial charge on any atom is 0.270 e. The maximum absolute atomic E-state index is 13.4. The number of benzene rings is 2. The first-order valence-corrected chi connectivity index (χ1v) is 11.3. The molecule has 0 aliphatic heterocycles. The number of hydrogen-bond acceptors (Lipinski definition) is 4. The molecule has 0 saturated carbocycles. The summed E-state index contributed by atoms with van der Waals surface area (Å²) in [4.78, 5) is 31.5. The Morgan fingerprint density at radius 1 is 1.06 bits per heavy atom. The molecule has 0 aliphatic carbocycles. The molecule has 2 N–H and O–H groups in total. The summed E-state index contributed by atoms with van der Waals surface area (Å²) in [5.41, 5.74) is 3.74. The molecule has 2 heterocycles. The molecule has 0 saturated heterocycles. The number of rotatable bonds is 4. The second kappa shape index (κ2) is 8.44. The zero-order valence-corrected chi connectivity index (χ0v) is 19.9. The van der Waals surface area contributed by atoms with Crippen LogP contribution in [0.4, 0.5) is 4.39 Å². The zero-order valence-electron chi connectivity index (χ0n) is 19.1. The molecule has 0 atom stereocenters. The molecule has 33 heavy (non-hydrogen) atoms. The van der Waals surface area contributed by atoms with Crippen LogP contribution in [0.25, 0.3) is 26.7 Å². The van der Waals surface area contributed by atoms with Crippen LogP contribution in [0, 0.1) is 12.7 Å². The third-order valence-electron chi connectivity index (χ3n) is 5.13. The van der Waals surface area contributed by atoms with Crippen molar-refractivity contribution in [2.45, 2.75) is 33.2 Å². The summed E-state index contributed by atoms with van der Waals surface area (Å²) in [5, 5.41) is 5.64. The Labute approximate surface area is 195 Å². The average Bonchev–Trinajstić information content (AvgIpc) is 3.30. The SMILES string of the molecule is CNC(=O)c1c(-c2ccc(F)cc2)nc2sc(-c3ccc(C(=O)NC(C)(C)C)cc3C)cn12. The number of thiazole rings is 1. The molecule has 0 radical (unpaired) electrons. The Morgan fingerprint density at radius 3 is 2.36 bits per heavy atom. The lowest BCUT2D eigenvalue weighted by Gasteiger charge is -2.20. The molecular weight excluding hydrogens is 439 g/mol. The van der Waals surface area contributed by atoms with Crippen molar-refractivity contribution in [3.63, 3.8) is 0 Å². The van der Waals surface area contributed by atoms with Crippen molar-refractivity contribution in [2.75, 3.05) is 7.05 Å². The monoisotopic (exact) mass is 464 g/mol. The van der Waals surface area contributed by atoms with Gasteiger partial charge in [0.05, 0.1) is 4.88 Å². The van der Waals surface area contributed by atoms with Crippen LogP contribution in [-0.2, 0) is 0 Å². The first-order valence-electron chi connectivity index (χ1n) is 10.5. The number of halogens is 1. The highest BCUT2D eigenvalue weighted by Gasteiger charge is 2.23. The van der Waals surface area contributed by atoms with E-state index >= 15 is 0 Å². The summed E-state index contributed by atoms with van der Waals surface area (Å²) in [5.74, 6) is -0.750. The quantitative estimate of drug-likeness (QED) is 0.443. The van der Waals surface area contributed by atoms with Crippen LogP contribution in [0.15, 0.2) is 48.7 Å². The van der Waals surface area contributed by atoms with Gasteiger partial charge in [-0.2, -0.15) is 0 Å². The molecular formula is C25H25FN4O2S. The molecule has 0 aliphatic rings. The molecule has 0 fully saturated rings. The minimum atomic E-state index is -0.348. The fraction of sp³-hybridized carbons (Fsp3) is 0.240. The Hall–Kier alpha value is -3.52. The van der Waals surface area contributed by atoms with Crippen molar-refractivity contribution in [3.05, 3.63) is 71.3 Å². The second-order valence-electron chi connectivity index (χ2n) is 8.88. The Balaban J connectivity index is 1.76. The first kappa shape index (κ1) is 22.7. The number of hydrogen-bond donors (Lipinski definition) is 2. The summed E-state index contributed by atoms with van der Waals surface area (Å²) < 4.78 is 15.1. The van der Waals surface area contributed by atoms with Gasteiger partial charge >= 0.3 is 0 Å². The lowest BCUT2D eigenvalue weighted by Crippen LogP contribution is -2.40. The van der Waals surface area contributed by atoms with Gasteiger partial charge in [0.2, 0.25) is 0 Å². The number of nitrogens with zero attached hydrogens (tertiary/aromatic N) is 2. The number of carbonyl (C=O) groups excluding carboxylic acids is 2. The van der Waals surface area contributed by atoms with E-state index < -0.39 is 0 Å². The topological polar surface area (TPSA) is 75.5 Å². The number of carbonyl (C=O) groups is 2. The molecule has 8 heteroatoms. The Morgan fingerprint density at radius 2 is 1.76 bits per heavy atom. The predicted octanol–water partition coefficient (Wildman–Crippen LogP) is 5.07. The first-order chi connectivity index (χ1) is 15.6. The number of imidazole rings is 1. The lowest BCUT2D eigenvalue weighted by atomic mass is 10.0. The van der Waals surface area contributed by atoms with Gasteiger partial charge in [-0.1, -0.05) is 17.4 Å². The molecule has 2 aromatic carbocycles. The van der Waals surface area contributed by atoms with Crippen molar-refractivity contribution >= 4 is 28.1 Å². The van der Waals surface area contributed by atoms with Crippen LogP contribution >= 0.6 is 11.3 Å². The van der Waals surface area contributed by atoms with Crippen molar-refractivity contribution in [1.29, 1.82) is 0 Å². The summed E-state index contributed by atoms with van der Waals surface area (Å²) in [6.07, 6.45) is 1.88. The predicted molar refractivity (Wildman–Crippen MR) is 129 cm³/mol. The maximum atomic E-state index is 13.4. The molecule has 4 rings (SSSR count). The van der Waals surface area contributed by atoms with Crippen LogP contribution in [0.2, 0.25) is 0 Å². The third kappa shape index (κ3) is 4.52. The number of amides is 2. The van der Waals surface area contributed by atoms with Gasteiger partial charge in [-0.3, -0.25) is 14.0 Å². The normalized spacial score (nSPS) is 11.6. The summed E-state index contributed by atoms with van der Waals surface area (Å²) in [6.45, 7) is 7.78. The number of aryl methyl sites for hydroxylation is 1. The van der Waals surface area contributed by atoms with Crippen molar-refractivity contribution in [2.24, 2.45) is 0 Å². The van der Waals surface area contributed by atoms with Gasteiger partial charge in [-0.15, -0.1) is 0 Å². The smallest absolute Gasteiger partial charge is 0.270 e. The molecule has 4 aromatic rings. The Kier molecular flexibility index (Phi) is 5.80. The lowest BCUT2D eigenvalue weighted by molar-refractivity contribution is 0.0917. The van der Waals surface area contributed by atoms with Gasteiger partial charge in [-0.25, -0.2) is 9.37 Å². The van der Waals surface area contributed by atoms with Gasteiger partial charge in [0.1, 0.15) is 17.2 Å². The van der Waals surface area contributed by atoms with Crippen molar-refractivity contribution in [3.8, 4) is 21.7 Å². The van der Waals surface area contributed by atoms with Crippen molar-refractivity contribution < 1.29 is 14.0 Å². The number of nitrogens with one attached hydrogen (secondary N) is 2.